The first-order chi connectivity index (χ1) is 12.4. The second-order valence-corrected chi connectivity index (χ2v) is 5.92. The van der Waals surface area contributed by atoms with E-state index in [9.17, 15) is 14.4 Å². The fourth-order valence-corrected chi connectivity index (χ4v) is 2.99. The molecule has 1 saturated heterocycles. The zero-order valence-corrected chi connectivity index (χ0v) is 13.5. The number of carbonyl (C=O) groups excluding carboxylic acids is 2. The lowest BCUT2D eigenvalue weighted by atomic mass is 9.94. The number of nitrogens with one attached hydrogen (secondary N) is 2. The topological polar surface area (TPSA) is 170 Å². The monoisotopic (exact) mass is 361 g/mol. The van der Waals surface area contributed by atoms with Crippen LogP contribution in [0.1, 0.15) is 12.8 Å². The predicted octanol–water partition coefficient (Wildman–Crippen LogP) is 0.856. The van der Waals surface area contributed by atoms with Crippen LogP contribution in [0.15, 0.2) is 17.2 Å². The van der Waals surface area contributed by atoms with Crippen LogP contribution in [0.25, 0.3) is 10.4 Å². The van der Waals surface area contributed by atoms with Gasteiger partial charge in [-0.15, -0.1) is 0 Å². The molecule has 1 fully saturated rings. The number of pyridine rings is 1. The molecule has 3 N–H and O–H groups in total. The first-order valence-electron chi connectivity index (χ1n) is 7.68. The van der Waals surface area contributed by atoms with Crippen molar-refractivity contribution >= 4 is 29.5 Å². The van der Waals surface area contributed by atoms with Crippen molar-refractivity contribution in [2.24, 2.45) is 5.11 Å². The number of ether oxygens (including phenoxy) is 1. The molecule has 3 amide bonds. The van der Waals surface area contributed by atoms with Gasteiger partial charge in [-0.2, -0.15) is 0 Å². The highest BCUT2D eigenvalue weighted by atomic mass is 16.5. The van der Waals surface area contributed by atoms with Crippen LogP contribution in [0.2, 0.25) is 0 Å². The van der Waals surface area contributed by atoms with Gasteiger partial charge in [-0.05, 0) is 24.1 Å². The van der Waals surface area contributed by atoms with Gasteiger partial charge in [0.1, 0.15) is 5.82 Å². The van der Waals surface area contributed by atoms with E-state index in [4.69, 9.17) is 15.4 Å². The van der Waals surface area contributed by atoms with Gasteiger partial charge >= 0.3 is 6.09 Å². The summed E-state index contributed by atoms with van der Waals surface area (Å²) in [6.07, 6.45) is -1.21. The molecule has 1 aromatic heterocycles. The van der Waals surface area contributed by atoms with Crippen molar-refractivity contribution in [3.05, 3.63) is 22.6 Å². The molecule has 2 aliphatic heterocycles. The third-order valence-corrected chi connectivity index (χ3v) is 4.11. The summed E-state index contributed by atoms with van der Waals surface area (Å²) in [5, 5.41) is 17.4. The molecule has 0 aliphatic carbocycles. The minimum atomic E-state index is -1.28. The smallest absolute Gasteiger partial charge is 0.405 e. The van der Waals surface area contributed by atoms with Crippen LogP contribution in [-0.2, 0) is 9.59 Å². The number of aromatic nitrogens is 1. The Bertz CT molecular complexity index is 822. The van der Waals surface area contributed by atoms with Crippen molar-refractivity contribution < 1.29 is 24.2 Å². The van der Waals surface area contributed by atoms with E-state index in [1.165, 1.54) is 4.90 Å². The number of nitrogens with zero attached hydrogens (tertiary/aromatic N) is 5. The number of azide groups is 1. The largest absolute Gasteiger partial charge is 0.480 e. The van der Waals surface area contributed by atoms with Gasteiger partial charge in [0, 0.05) is 11.5 Å². The molecular weight excluding hydrogens is 346 g/mol. The molecule has 3 heterocycles. The summed E-state index contributed by atoms with van der Waals surface area (Å²) in [5.74, 6) is 0.154. The Labute approximate surface area is 146 Å². The molecule has 2 aliphatic rings. The number of carbonyl (C=O) groups is 3. The summed E-state index contributed by atoms with van der Waals surface area (Å²) >= 11 is 0. The van der Waals surface area contributed by atoms with Gasteiger partial charge in [0.2, 0.25) is 5.91 Å². The number of hydrogen-bond donors (Lipinski definition) is 3. The van der Waals surface area contributed by atoms with E-state index < -0.39 is 11.6 Å². The van der Waals surface area contributed by atoms with E-state index in [1.54, 1.807) is 12.1 Å². The van der Waals surface area contributed by atoms with Crippen LogP contribution in [0, 0.1) is 0 Å². The minimum Gasteiger partial charge on any atom is -0.480 e. The van der Waals surface area contributed by atoms with Crippen LogP contribution in [0.4, 0.5) is 16.4 Å². The molecule has 1 aromatic rings. The molecular formula is C14H15N7O5. The van der Waals surface area contributed by atoms with Gasteiger partial charge in [0.05, 0.1) is 18.5 Å². The number of amides is 3. The Morgan fingerprint density at radius 3 is 3.08 bits per heavy atom. The molecule has 136 valence electrons. The van der Waals surface area contributed by atoms with Crippen LogP contribution in [0.5, 0.6) is 5.75 Å². The lowest BCUT2D eigenvalue weighted by molar-refractivity contribution is -0.119. The van der Waals surface area contributed by atoms with Gasteiger partial charge in [-0.25, -0.2) is 9.78 Å². The van der Waals surface area contributed by atoms with Gasteiger partial charge < -0.3 is 20.5 Å². The predicted molar refractivity (Wildman–Crippen MR) is 87.9 cm³/mol. The van der Waals surface area contributed by atoms with Crippen molar-refractivity contribution in [3.63, 3.8) is 0 Å². The Morgan fingerprint density at radius 1 is 1.54 bits per heavy atom. The van der Waals surface area contributed by atoms with Crippen LogP contribution in [0.3, 0.4) is 0 Å². The van der Waals surface area contributed by atoms with Crippen LogP contribution < -0.4 is 20.3 Å². The summed E-state index contributed by atoms with van der Waals surface area (Å²) in [4.78, 5) is 43.2. The molecule has 0 radical (unpaired) electrons. The quantitative estimate of drug-likeness (QED) is 0.399. The Hall–Kier alpha value is -3.53. The first-order valence-corrected chi connectivity index (χ1v) is 7.68. The van der Waals surface area contributed by atoms with E-state index in [2.05, 4.69) is 25.6 Å². The highest BCUT2D eigenvalue weighted by Gasteiger charge is 2.45. The van der Waals surface area contributed by atoms with Gasteiger partial charge in [0.15, 0.2) is 18.2 Å². The van der Waals surface area contributed by atoms with Crippen molar-refractivity contribution in [1.29, 1.82) is 0 Å². The van der Waals surface area contributed by atoms with E-state index in [-0.39, 0.29) is 56.0 Å². The number of anilines is 2. The van der Waals surface area contributed by atoms with Crippen molar-refractivity contribution in [2.45, 2.75) is 18.4 Å². The van der Waals surface area contributed by atoms with E-state index >= 15 is 0 Å². The van der Waals surface area contributed by atoms with Crippen molar-refractivity contribution in [1.82, 2.24) is 10.3 Å². The first kappa shape index (κ1) is 17.3. The highest BCUT2D eigenvalue weighted by molar-refractivity contribution is 5.98. The minimum absolute atomic E-state index is 0.0275. The Kier molecular flexibility index (Phi) is 4.50. The zero-order valence-electron chi connectivity index (χ0n) is 13.5. The second-order valence-electron chi connectivity index (χ2n) is 5.92. The number of fused-ring (bicyclic) bond motifs is 1. The van der Waals surface area contributed by atoms with Crippen molar-refractivity contribution in [2.75, 3.05) is 29.9 Å². The maximum Gasteiger partial charge on any atom is 0.405 e. The fourth-order valence-electron chi connectivity index (χ4n) is 2.99. The normalized spacial score (nSPS) is 21.3. The number of hydrogen-bond acceptors (Lipinski definition) is 6. The zero-order chi connectivity index (χ0) is 18.7. The SMILES string of the molecule is [N-]=[N+]=NCCC1(NC(=O)O)CC(=O)N(c2ccc3c(n2)NC(=O)CO3)C1. The average molecular weight is 361 g/mol. The van der Waals surface area contributed by atoms with E-state index in [0.29, 0.717) is 5.75 Å². The van der Waals surface area contributed by atoms with Crippen LogP contribution in [-0.4, -0.2) is 53.2 Å². The van der Waals surface area contributed by atoms with Gasteiger partial charge in [-0.1, -0.05) is 5.11 Å². The lowest BCUT2D eigenvalue weighted by Gasteiger charge is -2.28. The molecule has 26 heavy (non-hydrogen) atoms. The van der Waals surface area contributed by atoms with E-state index in [0.717, 1.165) is 0 Å². The lowest BCUT2D eigenvalue weighted by Crippen LogP contribution is -2.50. The maximum atomic E-state index is 12.5. The molecule has 0 saturated carbocycles. The molecule has 3 rings (SSSR count). The Balaban J connectivity index is 1.85. The van der Waals surface area contributed by atoms with E-state index in [1.807, 2.05) is 0 Å². The van der Waals surface area contributed by atoms with Crippen molar-refractivity contribution in [3.8, 4) is 5.75 Å². The van der Waals surface area contributed by atoms with Crippen LogP contribution >= 0.6 is 0 Å². The summed E-state index contributed by atoms with van der Waals surface area (Å²) < 4.78 is 5.22. The standard InChI is InChI=1S/C14H15N7O5/c15-20-16-4-3-14(19-13(24)25)5-11(23)21(7-14)9-2-1-8-12(17-9)18-10(22)6-26-8/h1-2,19H,3-7H2,(H,24,25)(H,17,18,22). The summed E-state index contributed by atoms with van der Waals surface area (Å²) in [6.45, 7) is -0.0409. The summed E-state index contributed by atoms with van der Waals surface area (Å²) in [5.41, 5.74) is 7.32. The highest BCUT2D eigenvalue weighted by Crippen LogP contribution is 2.33. The number of carboxylic acid groups (broad SMARTS) is 1. The maximum absolute atomic E-state index is 12.5. The average Bonchev–Trinajstić information content (AvgIpc) is 2.90. The number of rotatable bonds is 5. The van der Waals surface area contributed by atoms with Gasteiger partial charge in [-0.3, -0.25) is 14.5 Å². The summed E-state index contributed by atoms with van der Waals surface area (Å²) in [7, 11) is 0. The molecule has 12 heteroatoms. The molecule has 0 spiro atoms. The molecule has 12 nitrogen and oxygen atoms in total. The molecule has 0 aromatic carbocycles. The molecule has 1 atom stereocenters. The fraction of sp³-hybridized carbons (Fsp3) is 0.429. The second kappa shape index (κ2) is 6.76. The molecule has 1 unspecified atom stereocenters. The summed E-state index contributed by atoms with van der Waals surface area (Å²) in [6, 6.07) is 3.13. The molecule has 0 bridgehead atoms. The van der Waals surface area contributed by atoms with Gasteiger partial charge in [0.25, 0.3) is 5.91 Å². The third-order valence-electron chi connectivity index (χ3n) is 4.11. The third kappa shape index (κ3) is 3.44. The Morgan fingerprint density at radius 2 is 2.35 bits per heavy atom.